The molecule has 0 spiro atoms. The molecule has 0 unspecified atom stereocenters. The van der Waals surface area contributed by atoms with Gasteiger partial charge in [0, 0.05) is 13.1 Å². The van der Waals surface area contributed by atoms with Crippen molar-refractivity contribution in [3.63, 3.8) is 0 Å². The van der Waals surface area contributed by atoms with Gasteiger partial charge in [0.05, 0.1) is 30.4 Å². The zero-order valence-electron chi connectivity index (χ0n) is 23.1. The van der Waals surface area contributed by atoms with Gasteiger partial charge in [-0.25, -0.2) is 4.79 Å². The predicted octanol–water partition coefficient (Wildman–Crippen LogP) is 4.25. The van der Waals surface area contributed by atoms with Crippen LogP contribution in [0.5, 0.6) is 0 Å². The van der Waals surface area contributed by atoms with Gasteiger partial charge in [0.1, 0.15) is 18.7 Å². The van der Waals surface area contributed by atoms with Crippen molar-refractivity contribution in [2.75, 3.05) is 26.2 Å². The molecule has 0 saturated carbocycles. The lowest BCUT2D eigenvalue weighted by atomic mass is 10.1. The number of carbonyl (C=O) groups is 3. The van der Waals surface area contributed by atoms with Crippen LogP contribution in [-0.4, -0.2) is 53.9 Å². The molecule has 0 aliphatic heterocycles. The van der Waals surface area contributed by atoms with E-state index >= 15 is 0 Å². The van der Waals surface area contributed by atoms with E-state index in [0.29, 0.717) is 35.4 Å². The van der Waals surface area contributed by atoms with E-state index < -0.39 is 12.0 Å². The second kappa shape index (κ2) is 14.1. The molecule has 2 aromatic carbocycles. The maximum Gasteiger partial charge on any atom is 0.325 e. The normalized spacial score (nSPS) is 10.9. The number of aryl methyl sites for hydroxylation is 1. The summed E-state index contributed by atoms with van der Waals surface area (Å²) in [5, 5.41) is 3.00. The lowest BCUT2D eigenvalue weighted by Gasteiger charge is -2.28. The number of hydrogen-bond donors (Lipinski definition) is 1. The third-order valence-electron chi connectivity index (χ3n) is 6.21. The minimum atomic E-state index is -0.551. The van der Waals surface area contributed by atoms with E-state index in [1.54, 1.807) is 24.0 Å². The van der Waals surface area contributed by atoms with Gasteiger partial charge in [0.2, 0.25) is 5.91 Å². The Hall–Kier alpha value is -4.14. The van der Waals surface area contributed by atoms with Crippen molar-refractivity contribution in [3.8, 4) is 0 Å². The van der Waals surface area contributed by atoms with Gasteiger partial charge < -0.3 is 24.3 Å². The SMILES string of the molecule is CCOC(=O)CNC(=O)N(CCC(C)C)CC(=O)N(Cc1ccccc1)Cc1coc2ccc(C)cc2c1=O. The number of urea groups is 1. The second-order valence-electron chi connectivity index (χ2n) is 9.89. The molecule has 1 aromatic heterocycles. The van der Waals surface area contributed by atoms with Crippen LogP contribution in [-0.2, 0) is 27.4 Å². The molecule has 0 saturated heterocycles. The maximum atomic E-state index is 13.7. The number of amides is 3. The summed E-state index contributed by atoms with van der Waals surface area (Å²) in [5.41, 5.74) is 2.44. The first-order valence-electron chi connectivity index (χ1n) is 13.2. The van der Waals surface area contributed by atoms with Crippen LogP contribution in [0.15, 0.2) is 64.0 Å². The summed E-state index contributed by atoms with van der Waals surface area (Å²) in [4.78, 5) is 54.6. The van der Waals surface area contributed by atoms with Crippen LogP contribution in [0.1, 0.15) is 43.9 Å². The zero-order valence-corrected chi connectivity index (χ0v) is 23.1. The Labute approximate surface area is 228 Å². The van der Waals surface area contributed by atoms with Crippen molar-refractivity contribution in [2.45, 2.75) is 47.2 Å². The van der Waals surface area contributed by atoms with E-state index in [0.717, 1.165) is 11.1 Å². The largest absolute Gasteiger partial charge is 0.465 e. The van der Waals surface area contributed by atoms with Gasteiger partial charge in [0.25, 0.3) is 0 Å². The van der Waals surface area contributed by atoms with E-state index in [1.165, 1.54) is 11.2 Å². The van der Waals surface area contributed by atoms with Gasteiger partial charge in [0.15, 0.2) is 5.43 Å². The molecule has 0 aliphatic rings. The summed E-state index contributed by atoms with van der Waals surface area (Å²) < 4.78 is 10.6. The molecule has 0 aliphatic carbocycles. The molecule has 1 N–H and O–H groups in total. The van der Waals surface area contributed by atoms with Crippen molar-refractivity contribution in [1.29, 1.82) is 0 Å². The van der Waals surface area contributed by atoms with Crippen LogP contribution in [0, 0.1) is 12.8 Å². The molecule has 9 heteroatoms. The molecule has 0 fully saturated rings. The highest BCUT2D eigenvalue weighted by atomic mass is 16.5. The monoisotopic (exact) mass is 535 g/mol. The molecule has 39 heavy (non-hydrogen) atoms. The molecule has 0 bridgehead atoms. The van der Waals surface area contributed by atoms with Gasteiger partial charge >= 0.3 is 12.0 Å². The lowest BCUT2D eigenvalue weighted by Crippen LogP contribution is -2.48. The Morgan fingerprint density at radius 1 is 1.03 bits per heavy atom. The number of nitrogens with zero attached hydrogens (tertiary/aromatic N) is 2. The molecule has 3 amide bonds. The average molecular weight is 536 g/mol. The highest BCUT2D eigenvalue weighted by Crippen LogP contribution is 2.16. The van der Waals surface area contributed by atoms with Crippen molar-refractivity contribution in [1.82, 2.24) is 15.1 Å². The van der Waals surface area contributed by atoms with Crippen LogP contribution >= 0.6 is 0 Å². The summed E-state index contributed by atoms with van der Waals surface area (Å²) in [6.45, 7) is 7.93. The molecule has 9 nitrogen and oxygen atoms in total. The Morgan fingerprint density at radius 3 is 2.46 bits per heavy atom. The van der Waals surface area contributed by atoms with Gasteiger partial charge in [-0.05, 0) is 43.9 Å². The fraction of sp³-hybridized carbons (Fsp3) is 0.400. The van der Waals surface area contributed by atoms with E-state index in [4.69, 9.17) is 9.15 Å². The molecule has 0 radical (unpaired) electrons. The quantitative estimate of drug-likeness (QED) is 0.347. The Balaban J connectivity index is 1.85. The molecule has 3 aromatic rings. The highest BCUT2D eigenvalue weighted by Gasteiger charge is 2.24. The fourth-order valence-corrected chi connectivity index (χ4v) is 4.04. The van der Waals surface area contributed by atoms with Crippen LogP contribution in [0.2, 0.25) is 0 Å². The minimum absolute atomic E-state index is 0.0163. The first kappa shape index (κ1) is 29.4. The minimum Gasteiger partial charge on any atom is -0.465 e. The summed E-state index contributed by atoms with van der Waals surface area (Å²) in [6, 6.07) is 14.3. The van der Waals surface area contributed by atoms with Crippen molar-refractivity contribution < 1.29 is 23.5 Å². The maximum absolute atomic E-state index is 13.7. The summed E-state index contributed by atoms with van der Waals surface area (Å²) >= 11 is 0. The standard InChI is InChI=1S/C30H37N3O6/c1-5-38-28(35)16-31-30(37)32(14-13-21(2)3)19-27(34)33(17-23-9-7-6-8-10-23)18-24-20-39-26-12-11-22(4)15-25(26)29(24)36/h6-12,15,20-21H,5,13-14,16-19H2,1-4H3,(H,31,37). The number of nitrogens with one attached hydrogen (secondary N) is 1. The third kappa shape index (κ3) is 8.70. The van der Waals surface area contributed by atoms with E-state index in [9.17, 15) is 19.2 Å². The van der Waals surface area contributed by atoms with Crippen LogP contribution in [0.25, 0.3) is 11.0 Å². The van der Waals surface area contributed by atoms with Crippen molar-refractivity contribution in [3.05, 3.63) is 81.7 Å². The highest BCUT2D eigenvalue weighted by molar-refractivity contribution is 5.86. The summed E-state index contributed by atoms with van der Waals surface area (Å²) in [6.07, 6.45) is 2.07. The summed E-state index contributed by atoms with van der Waals surface area (Å²) in [5.74, 6) is -0.589. The molecule has 3 rings (SSSR count). The van der Waals surface area contributed by atoms with Gasteiger partial charge in [-0.3, -0.25) is 14.4 Å². The van der Waals surface area contributed by atoms with E-state index in [1.807, 2.05) is 57.2 Å². The number of benzene rings is 2. The molecule has 1 heterocycles. The first-order valence-corrected chi connectivity index (χ1v) is 13.2. The number of rotatable bonds is 12. The second-order valence-corrected chi connectivity index (χ2v) is 9.89. The van der Waals surface area contributed by atoms with Gasteiger partial charge in [-0.1, -0.05) is 55.8 Å². The lowest BCUT2D eigenvalue weighted by molar-refractivity contribution is -0.141. The number of fused-ring (bicyclic) bond motifs is 1. The topological polar surface area (TPSA) is 109 Å². The molecule has 208 valence electrons. The fourth-order valence-electron chi connectivity index (χ4n) is 4.04. The van der Waals surface area contributed by atoms with Gasteiger partial charge in [-0.15, -0.1) is 0 Å². The Kier molecular flexibility index (Phi) is 10.7. The predicted molar refractivity (Wildman–Crippen MR) is 149 cm³/mol. The van der Waals surface area contributed by atoms with Crippen molar-refractivity contribution in [2.24, 2.45) is 5.92 Å². The van der Waals surface area contributed by atoms with Crippen LogP contribution < -0.4 is 10.7 Å². The number of ether oxygens (including phenoxy) is 1. The van der Waals surface area contributed by atoms with Crippen LogP contribution in [0.3, 0.4) is 0 Å². The van der Waals surface area contributed by atoms with E-state index in [2.05, 4.69) is 5.32 Å². The number of carbonyl (C=O) groups excluding carboxylic acids is 3. The van der Waals surface area contributed by atoms with Crippen molar-refractivity contribution >= 4 is 28.9 Å². The number of hydrogen-bond acceptors (Lipinski definition) is 6. The van der Waals surface area contributed by atoms with Gasteiger partial charge in [-0.2, -0.15) is 0 Å². The number of esters is 1. The molecular weight excluding hydrogens is 498 g/mol. The van der Waals surface area contributed by atoms with Crippen LogP contribution in [0.4, 0.5) is 4.79 Å². The summed E-state index contributed by atoms with van der Waals surface area (Å²) in [7, 11) is 0. The van der Waals surface area contributed by atoms with E-state index in [-0.39, 0.29) is 44.1 Å². The zero-order chi connectivity index (χ0) is 28.4. The molecular formula is C30H37N3O6. The average Bonchev–Trinajstić information content (AvgIpc) is 2.91. The third-order valence-corrected chi connectivity index (χ3v) is 6.21. The Morgan fingerprint density at radius 2 is 1.77 bits per heavy atom. The molecule has 0 atom stereocenters. The first-order chi connectivity index (χ1) is 18.7. The smallest absolute Gasteiger partial charge is 0.325 e. The Bertz CT molecular complexity index is 1340.